The molecule has 0 aliphatic carbocycles. The predicted octanol–water partition coefficient (Wildman–Crippen LogP) is 0.669. The van der Waals surface area contributed by atoms with Crippen LogP contribution in [0.3, 0.4) is 0 Å². The van der Waals surface area contributed by atoms with Crippen molar-refractivity contribution in [2.24, 2.45) is 12.9 Å². The summed E-state index contributed by atoms with van der Waals surface area (Å²) in [4.78, 5) is 10.8. The second kappa shape index (κ2) is 7.00. The predicted molar refractivity (Wildman–Crippen MR) is 80.5 cm³/mol. The van der Waals surface area contributed by atoms with Crippen molar-refractivity contribution >= 4 is 11.6 Å². The van der Waals surface area contributed by atoms with Crippen molar-refractivity contribution in [1.29, 1.82) is 0 Å². The van der Waals surface area contributed by atoms with Gasteiger partial charge in [0.15, 0.2) is 5.82 Å². The molecule has 8 heteroatoms. The Morgan fingerprint density at radius 2 is 2.24 bits per heavy atom. The van der Waals surface area contributed by atoms with Gasteiger partial charge in [-0.1, -0.05) is 0 Å². The summed E-state index contributed by atoms with van der Waals surface area (Å²) in [6.45, 7) is 3.60. The number of hydrogen-bond acceptors (Lipinski definition) is 7. The first-order valence-corrected chi connectivity index (χ1v) is 6.73. The second-order valence-corrected chi connectivity index (χ2v) is 4.69. The van der Waals surface area contributed by atoms with Crippen molar-refractivity contribution in [1.82, 2.24) is 19.7 Å². The SMILES string of the molecule is CCOCc1nc(NN)cc(N(C)Cc2cnn(C)c2)n1. The number of anilines is 2. The number of hydrogen-bond donors (Lipinski definition) is 2. The lowest BCUT2D eigenvalue weighted by molar-refractivity contribution is 0.128. The third kappa shape index (κ3) is 4.14. The molecule has 0 saturated heterocycles. The molecule has 2 aromatic heterocycles. The average molecular weight is 291 g/mol. The van der Waals surface area contributed by atoms with Crippen LogP contribution in [0.15, 0.2) is 18.5 Å². The van der Waals surface area contributed by atoms with E-state index in [2.05, 4.69) is 20.5 Å². The standard InChI is InChI=1S/C13H21N7O/c1-4-21-9-12-16-11(18-14)5-13(17-12)19(2)7-10-6-15-20(3)8-10/h5-6,8H,4,7,9,14H2,1-3H3,(H,16,17,18). The van der Waals surface area contributed by atoms with Crippen molar-refractivity contribution < 1.29 is 4.74 Å². The second-order valence-electron chi connectivity index (χ2n) is 4.69. The van der Waals surface area contributed by atoms with E-state index >= 15 is 0 Å². The van der Waals surface area contributed by atoms with Gasteiger partial charge in [-0.05, 0) is 6.92 Å². The summed E-state index contributed by atoms with van der Waals surface area (Å²) in [5.74, 6) is 7.39. The molecule has 0 aliphatic rings. The zero-order valence-corrected chi connectivity index (χ0v) is 12.6. The summed E-state index contributed by atoms with van der Waals surface area (Å²) in [6.07, 6.45) is 3.81. The summed E-state index contributed by atoms with van der Waals surface area (Å²) in [7, 11) is 3.85. The van der Waals surface area contributed by atoms with Crippen LogP contribution >= 0.6 is 0 Å². The molecule has 8 nitrogen and oxygen atoms in total. The zero-order valence-electron chi connectivity index (χ0n) is 12.6. The van der Waals surface area contributed by atoms with Crippen molar-refractivity contribution in [3.05, 3.63) is 29.8 Å². The Morgan fingerprint density at radius 1 is 1.43 bits per heavy atom. The first-order chi connectivity index (χ1) is 10.1. The van der Waals surface area contributed by atoms with Crippen LogP contribution in [0.5, 0.6) is 0 Å². The van der Waals surface area contributed by atoms with Crippen molar-refractivity contribution in [3.8, 4) is 0 Å². The minimum atomic E-state index is 0.361. The number of rotatable bonds is 7. The molecule has 0 unspecified atom stereocenters. The van der Waals surface area contributed by atoms with Crippen LogP contribution in [0.25, 0.3) is 0 Å². The topological polar surface area (TPSA) is 94.1 Å². The highest BCUT2D eigenvalue weighted by atomic mass is 16.5. The van der Waals surface area contributed by atoms with Gasteiger partial charge in [0.1, 0.15) is 18.2 Å². The van der Waals surface area contributed by atoms with E-state index in [-0.39, 0.29) is 0 Å². The molecular formula is C13H21N7O. The van der Waals surface area contributed by atoms with E-state index in [1.54, 1.807) is 10.7 Å². The van der Waals surface area contributed by atoms with E-state index in [1.807, 2.05) is 38.3 Å². The van der Waals surface area contributed by atoms with E-state index in [0.29, 0.717) is 31.4 Å². The highest BCUT2D eigenvalue weighted by molar-refractivity contribution is 5.48. The van der Waals surface area contributed by atoms with Gasteiger partial charge in [-0.2, -0.15) is 5.10 Å². The van der Waals surface area contributed by atoms with Crippen LogP contribution in [0.2, 0.25) is 0 Å². The number of ether oxygens (including phenoxy) is 1. The Labute approximate surface area is 123 Å². The fourth-order valence-corrected chi connectivity index (χ4v) is 1.92. The van der Waals surface area contributed by atoms with Crippen LogP contribution in [-0.4, -0.2) is 33.4 Å². The third-order valence-corrected chi connectivity index (χ3v) is 2.91. The molecule has 0 aliphatic heterocycles. The quantitative estimate of drug-likeness (QED) is 0.572. The highest BCUT2D eigenvalue weighted by Crippen LogP contribution is 2.16. The molecule has 21 heavy (non-hydrogen) atoms. The van der Waals surface area contributed by atoms with Gasteiger partial charge in [-0.25, -0.2) is 15.8 Å². The maximum Gasteiger partial charge on any atom is 0.158 e. The molecule has 0 aromatic carbocycles. The average Bonchev–Trinajstić information content (AvgIpc) is 2.89. The largest absolute Gasteiger partial charge is 0.374 e. The molecule has 2 rings (SSSR count). The van der Waals surface area contributed by atoms with E-state index in [9.17, 15) is 0 Å². The van der Waals surface area contributed by atoms with Crippen molar-refractivity contribution in [2.45, 2.75) is 20.1 Å². The molecule has 0 atom stereocenters. The third-order valence-electron chi connectivity index (χ3n) is 2.91. The molecule has 0 radical (unpaired) electrons. The smallest absolute Gasteiger partial charge is 0.158 e. The minimum Gasteiger partial charge on any atom is -0.374 e. The van der Waals surface area contributed by atoms with E-state index in [0.717, 1.165) is 11.4 Å². The molecule has 2 heterocycles. The van der Waals surface area contributed by atoms with Gasteiger partial charge in [0.05, 0.1) is 6.20 Å². The molecule has 0 fully saturated rings. The van der Waals surface area contributed by atoms with Gasteiger partial charge >= 0.3 is 0 Å². The number of nitrogen functional groups attached to an aromatic ring is 1. The molecule has 3 N–H and O–H groups in total. The highest BCUT2D eigenvalue weighted by Gasteiger charge is 2.09. The Morgan fingerprint density at radius 3 is 2.86 bits per heavy atom. The molecule has 114 valence electrons. The van der Waals surface area contributed by atoms with Crippen LogP contribution in [0.4, 0.5) is 11.6 Å². The maximum absolute atomic E-state index is 5.46. The number of aromatic nitrogens is 4. The van der Waals surface area contributed by atoms with Crippen molar-refractivity contribution in [2.75, 3.05) is 24.0 Å². The van der Waals surface area contributed by atoms with Crippen LogP contribution in [0.1, 0.15) is 18.3 Å². The van der Waals surface area contributed by atoms with Crippen LogP contribution in [-0.2, 0) is 24.9 Å². The Balaban J connectivity index is 2.16. The van der Waals surface area contributed by atoms with Gasteiger partial charge in [-0.3, -0.25) is 4.68 Å². The lowest BCUT2D eigenvalue weighted by Gasteiger charge is -2.18. The molecule has 0 saturated carbocycles. The molecular weight excluding hydrogens is 270 g/mol. The molecule has 0 amide bonds. The molecule has 0 spiro atoms. The van der Waals surface area contributed by atoms with Crippen LogP contribution < -0.4 is 16.2 Å². The minimum absolute atomic E-state index is 0.361. The Hall–Kier alpha value is -2.19. The number of nitrogens with one attached hydrogen (secondary N) is 1. The summed E-state index contributed by atoms with van der Waals surface area (Å²) in [5.41, 5.74) is 3.66. The van der Waals surface area contributed by atoms with Gasteiger partial charge < -0.3 is 15.1 Å². The number of nitrogens with two attached hydrogens (primary N) is 1. The lowest BCUT2D eigenvalue weighted by atomic mass is 10.3. The fourth-order valence-electron chi connectivity index (χ4n) is 1.92. The number of aryl methyl sites for hydroxylation is 1. The number of hydrazine groups is 1. The first kappa shape index (κ1) is 15.2. The van der Waals surface area contributed by atoms with E-state index in [4.69, 9.17) is 10.6 Å². The van der Waals surface area contributed by atoms with Gasteiger partial charge in [-0.15, -0.1) is 0 Å². The van der Waals surface area contributed by atoms with Crippen molar-refractivity contribution in [3.63, 3.8) is 0 Å². The van der Waals surface area contributed by atoms with Gasteiger partial charge in [0.2, 0.25) is 0 Å². The summed E-state index contributed by atoms with van der Waals surface area (Å²) in [5, 5.41) is 4.16. The summed E-state index contributed by atoms with van der Waals surface area (Å²) < 4.78 is 7.12. The zero-order chi connectivity index (χ0) is 15.2. The van der Waals surface area contributed by atoms with Crippen LogP contribution in [0, 0.1) is 0 Å². The summed E-state index contributed by atoms with van der Waals surface area (Å²) in [6, 6.07) is 1.80. The lowest BCUT2D eigenvalue weighted by Crippen LogP contribution is -2.20. The Bertz CT molecular complexity index is 584. The first-order valence-electron chi connectivity index (χ1n) is 6.73. The van der Waals surface area contributed by atoms with Gasteiger partial charge in [0, 0.05) is 45.1 Å². The summed E-state index contributed by atoms with van der Waals surface area (Å²) >= 11 is 0. The molecule has 2 aromatic rings. The normalized spacial score (nSPS) is 10.7. The maximum atomic E-state index is 5.46. The van der Waals surface area contributed by atoms with E-state index in [1.165, 1.54) is 0 Å². The van der Waals surface area contributed by atoms with Gasteiger partial charge in [0.25, 0.3) is 0 Å². The Kier molecular flexibility index (Phi) is 5.07. The monoisotopic (exact) mass is 291 g/mol. The van der Waals surface area contributed by atoms with E-state index < -0.39 is 0 Å². The number of nitrogens with zero attached hydrogens (tertiary/aromatic N) is 5. The fraction of sp³-hybridized carbons (Fsp3) is 0.462. The molecule has 0 bridgehead atoms.